The van der Waals surface area contributed by atoms with Gasteiger partial charge in [-0.05, 0) is 30.7 Å². The van der Waals surface area contributed by atoms with E-state index in [4.69, 9.17) is 23.2 Å². The fourth-order valence-corrected chi connectivity index (χ4v) is 3.46. The van der Waals surface area contributed by atoms with E-state index >= 15 is 0 Å². The Hall–Kier alpha value is -2.70. The molecule has 0 aliphatic heterocycles. The molecule has 8 heteroatoms. The highest BCUT2D eigenvalue weighted by atomic mass is 35.5. The van der Waals surface area contributed by atoms with Gasteiger partial charge in [0.15, 0.2) is 0 Å². The first-order valence-electron chi connectivity index (χ1n) is 8.17. The van der Waals surface area contributed by atoms with Crippen LogP contribution in [-0.2, 0) is 6.42 Å². The summed E-state index contributed by atoms with van der Waals surface area (Å²) in [6.07, 6.45) is 3.90. The molecule has 138 valence electrons. The third-order valence-electron chi connectivity index (χ3n) is 4.10. The van der Waals surface area contributed by atoms with Crippen LogP contribution in [-0.4, -0.2) is 33.1 Å². The van der Waals surface area contributed by atoms with Gasteiger partial charge in [0.2, 0.25) is 0 Å². The number of carbonyl (C=O) groups is 1. The van der Waals surface area contributed by atoms with Gasteiger partial charge in [-0.25, -0.2) is 19.7 Å². The third kappa shape index (κ3) is 3.72. The average molecular weight is 403 g/mol. The summed E-state index contributed by atoms with van der Waals surface area (Å²) < 4.78 is 0. The van der Waals surface area contributed by atoms with E-state index in [0.29, 0.717) is 17.7 Å². The molecular weight excluding hydrogens is 387 g/mol. The lowest BCUT2D eigenvalue weighted by atomic mass is 9.97. The largest absolute Gasteiger partial charge is 0.478 e. The number of aromatic carboxylic acids is 1. The topological polar surface area (TPSA) is 88.0 Å². The number of benzene rings is 1. The Morgan fingerprint density at radius 2 is 1.81 bits per heavy atom. The Bertz CT molecular complexity index is 984. The molecule has 0 amide bonds. The molecule has 0 spiro atoms. The van der Waals surface area contributed by atoms with Crippen LogP contribution in [0.3, 0.4) is 0 Å². The van der Waals surface area contributed by atoms with Crippen LogP contribution in [0.2, 0.25) is 10.0 Å². The molecule has 0 atom stereocenters. The predicted molar refractivity (Wildman–Crippen MR) is 107 cm³/mol. The molecule has 2 heterocycles. The quantitative estimate of drug-likeness (QED) is 0.636. The fraction of sp³-hybridized carbons (Fsp3) is 0.158. The van der Waals surface area contributed by atoms with Crippen LogP contribution < -0.4 is 5.32 Å². The maximum atomic E-state index is 11.3. The second-order valence-corrected chi connectivity index (χ2v) is 6.51. The van der Waals surface area contributed by atoms with Crippen LogP contribution in [0, 0.1) is 0 Å². The molecule has 2 aromatic heterocycles. The van der Waals surface area contributed by atoms with Crippen molar-refractivity contribution < 1.29 is 9.90 Å². The number of nitrogens with zero attached hydrogens (tertiary/aromatic N) is 3. The minimum atomic E-state index is -1.18. The Morgan fingerprint density at radius 1 is 1.11 bits per heavy atom. The molecule has 3 aromatic rings. The molecular formula is C19H16Cl2N4O2. The first kappa shape index (κ1) is 19.1. The average Bonchev–Trinajstić information content (AvgIpc) is 2.66. The number of halogens is 2. The number of carboxylic acid groups (broad SMARTS) is 1. The minimum absolute atomic E-state index is 0.0521. The molecule has 2 N–H and O–H groups in total. The number of carboxylic acids is 1. The minimum Gasteiger partial charge on any atom is -0.478 e. The highest BCUT2D eigenvalue weighted by Gasteiger charge is 2.20. The maximum Gasteiger partial charge on any atom is 0.338 e. The van der Waals surface area contributed by atoms with Gasteiger partial charge < -0.3 is 10.4 Å². The number of rotatable bonds is 5. The van der Waals surface area contributed by atoms with Crippen LogP contribution in [0.25, 0.3) is 22.4 Å². The lowest BCUT2D eigenvalue weighted by Gasteiger charge is -2.14. The lowest BCUT2D eigenvalue weighted by Crippen LogP contribution is -2.02. The van der Waals surface area contributed by atoms with Crippen molar-refractivity contribution in [2.24, 2.45) is 0 Å². The van der Waals surface area contributed by atoms with Crippen LogP contribution in [0.15, 0.2) is 36.8 Å². The SMILES string of the molecule is CCc1ncnc(-c2cc(Cl)c(C(=O)O)c(Cl)c2)c1-c1ccc(NC)nc1. The van der Waals surface area contributed by atoms with Crippen molar-refractivity contribution in [2.45, 2.75) is 13.3 Å². The number of anilines is 1. The highest BCUT2D eigenvalue weighted by Crippen LogP contribution is 2.37. The molecule has 0 bridgehead atoms. The Labute approximate surface area is 166 Å². The van der Waals surface area contributed by atoms with Crippen molar-refractivity contribution in [3.8, 4) is 22.4 Å². The monoisotopic (exact) mass is 402 g/mol. The molecule has 27 heavy (non-hydrogen) atoms. The zero-order valence-corrected chi connectivity index (χ0v) is 16.1. The molecule has 0 saturated heterocycles. The molecule has 3 rings (SSSR count). The number of nitrogens with one attached hydrogen (secondary N) is 1. The third-order valence-corrected chi connectivity index (χ3v) is 4.69. The summed E-state index contributed by atoms with van der Waals surface area (Å²) in [6.45, 7) is 2.00. The summed E-state index contributed by atoms with van der Waals surface area (Å²) in [5, 5.41) is 12.3. The number of aryl methyl sites for hydroxylation is 1. The van der Waals surface area contributed by atoms with Crippen LogP contribution in [0.4, 0.5) is 5.82 Å². The summed E-state index contributed by atoms with van der Waals surface area (Å²) in [5.41, 5.74) is 3.59. The normalized spacial score (nSPS) is 10.7. The van der Waals surface area contributed by atoms with E-state index in [0.717, 1.165) is 22.6 Å². The second-order valence-electron chi connectivity index (χ2n) is 5.70. The molecule has 0 aliphatic carbocycles. The van der Waals surface area contributed by atoms with E-state index in [1.54, 1.807) is 25.4 Å². The second kappa shape index (κ2) is 7.90. The lowest BCUT2D eigenvalue weighted by molar-refractivity contribution is 0.0697. The van der Waals surface area contributed by atoms with Gasteiger partial charge in [0, 0.05) is 29.9 Å². The zero-order chi connectivity index (χ0) is 19.6. The van der Waals surface area contributed by atoms with E-state index in [-0.39, 0.29) is 15.6 Å². The van der Waals surface area contributed by atoms with Gasteiger partial charge in [-0.15, -0.1) is 0 Å². The standard InChI is InChI=1S/C19H16Cl2N4O2/c1-3-14-16(10-4-5-15(22-2)23-8-10)18(25-9-24-14)11-6-12(20)17(19(26)27)13(21)7-11/h4-9H,3H2,1-2H3,(H,22,23)(H,26,27). The highest BCUT2D eigenvalue weighted by molar-refractivity contribution is 6.39. The summed E-state index contributed by atoms with van der Waals surface area (Å²) >= 11 is 12.3. The Morgan fingerprint density at radius 3 is 2.33 bits per heavy atom. The first-order chi connectivity index (χ1) is 13.0. The van der Waals surface area contributed by atoms with Gasteiger partial charge in [-0.3, -0.25) is 0 Å². The van der Waals surface area contributed by atoms with Crippen LogP contribution in [0.1, 0.15) is 23.0 Å². The number of hydrogen-bond acceptors (Lipinski definition) is 5. The van der Waals surface area contributed by atoms with Gasteiger partial charge >= 0.3 is 5.97 Å². The van der Waals surface area contributed by atoms with Crippen molar-refractivity contribution in [3.05, 3.63) is 58.1 Å². The molecule has 0 unspecified atom stereocenters. The zero-order valence-electron chi connectivity index (χ0n) is 14.6. The van der Waals surface area contributed by atoms with Gasteiger partial charge in [-0.1, -0.05) is 30.1 Å². The molecule has 0 fully saturated rings. The van der Waals surface area contributed by atoms with Gasteiger partial charge in [0.05, 0.1) is 27.0 Å². The summed E-state index contributed by atoms with van der Waals surface area (Å²) in [5.74, 6) is -0.437. The van der Waals surface area contributed by atoms with Crippen molar-refractivity contribution in [3.63, 3.8) is 0 Å². The smallest absolute Gasteiger partial charge is 0.338 e. The van der Waals surface area contributed by atoms with Gasteiger partial charge in [0.25, 0.3) is 0 Å². The van der Waals surface area contributed by atoms with E-state index in [2.05, 4.69) is 20.3 Å². The Balaban J connectivity index is 2.23. The number of aromatic nitrogens is 3. The summed E-state index contributed by atoms with van der Waals surface area (Å²) in [4.78, 5) is 24.5. The van der Waals surface area contributed by atoms with Gasteiger partial charge in [-0.2, -0.15) is 0 Å². The van der Waals surface area contributed by atoms with Crippen molar-refractivity contribution in [1.29, 1.82) is 0 Å². The maximum absolute atomic E-state index is 11.3. The van der Waals surface area contributed by atoms with Crippen molar-refractivity contribution in [1.82, 2.24) is 15.0 Å². The van der Waals surface area contributed by atoms with E-state index in [9.17, 15) is 9.90 Å². The number of hydrogen-bond donors (Lipinski definition) is 2. The van der Waals surface area contributed by atoms with Crippen molar-refractivity contribution in [2.75, 3.05) is 12.4 Å². The molecule has 1 aromatic carbocycles. The van der Waals surface area contributed by atoms with Crippen molar-refractivity contribution >= 4 is 35.0 Å². The molecule has 0 aliphatic rings. The molecule has 6 nitrogen and oxygen atoms in total. The van der Waals surface area contributed by atoms with Gasteiger partial charge in [0.1, 0.15) is 12.1 Å². The van der Waals surface area contributed by atoms with Crippen LogP contribution in [0.5, 0.6) is 0 Å². The summed E-state index contributed by atoms with van der Waals surface area (Å²) in [6, 6.07) is 6.89. The molecule has 0 radical (unpaired) electrons. The summed E-state index contributed by atoms with van der Waals surface area (Å²) in [7, 11) is 1.80. The van der Waals surface area contributed by atoms with Crippen LogP contribution >= 0.6 is 23.2 Å². The molecule has 0 saturated carbocycles. The van der Waals surface area contributed by atoms with E-state index < -0.39 is 5.97 Å². The fourth-order valence-electron chi connectivity index (χ4n) is 2.82. The Kier molecular flexibility index (Phi) is 5.58. The number of pyridine rings is 1. The predicted octanol–water partition coefficient (Wildman–Crippen LogP) is 4.81. The first-order valence-corrected chi connectivity index (χ1v) is 8.92. The van der Waals surface area contributed by atoms with E-state index in [1.165, 1.54) is 6.33 Å². The van der Waals surface area contributed by atoms with E-state index in [1.807, 2.05) is 19.1 Å².